The third kappa shape index (κ3) is 5.73. The molecule has 0 bridgehead atoms. The molecule has 0 N–H and O–H groups in total. The molecule has 1 heteroatoms. The highest BCUT2D eigenvalue weighted by Crippen LogP contribution is 2.51. The first kappa shape index (κ1) is 30.6. The Bertz CT molecular complexity index is 2430. The van der Waals surface area contributed by atoms with E-state index in [1.807, 2.05) is 0 Å². The van der Waals surface area contributed by atoms with Gasteiger partial charge in [0, 0.05) is 22.9 Å². The van der Waals surface area contributed by atoms with E-state index in [0.29, 0.717) is 5.92 Å². The zero-order valence-corrected chi connectivity index (χ0v) is 28.6. The van der Waals surface area contributed by atoms with E-state index >= 15 is 0 Å². The molecule has 0 fully saturated rings. The van der Waals surface area contributed by atoms with Gasteiger partial charge in [0.05, 0.1) is 5.69 Å². The molecule has 0 amide bonds. The zero-order chi connectivity index (χ0) is 34.1. The smallest absolute Gasteiger partial charge is 0.0543 e. The van der Waals surface area contributed by atoms with E-state index in [9.17, 15) is 0 Å². The highest BCUT2D eigenvalue weighted by molar-refractivity contribution is 5.94. The minimum Gasteiger partial charge on any atom is -0.310 e. The first-order valence-corrected chi connectivity index (χ1v) is 17.8. The lowest BCUT2D eigenvalue weighted by atomic mass is 9.93. The molecular weight excluding hydrogens is 615 g/mol. The largest absolute Gasteiger partial charge is 0.310 e. The average Bonchev–Trinajstić information content (AvgIpc) is 3.49. The van der Waals surface area contributed by atoms with Gasteiger partial charge >= 0.3 is 0 Å². The number of hydrogen-bond donors (Lipinski definition) is 0. The molecule has 0 spiro atoms. The van der Waals surface area contributed by atoms with E-state index < -0.39 is 0 Å². The maximum atomic E-state index is 2.45. The van der Waals surface area contributed by atoms with E-state index in [1.165, 1.54) is 72.4 Å². The predicted octanol–water partition coefficient (Wildman–Crippen LogP) is 14.0. The van der Waals surface area contributed by atoms with Gasteiger partial charge in [0.25, 0.3) is 0 Å². The second-order valence-corrected chi connectivity index (χ2v) is 13.4. The van der Waals surface area contributed by atoms with E-state index in [4.69, 9.17) is 0 Å². The Balaban J connectivity index is 1.18. The zero-order valence-electron chi connectivity index (χ0n) is 28.6. The number of nitrogens with zero attached hydrogens (tertiary/aromatic N) is 1. The maximum Gasteiger partial charge on any atom is 0.0543 e. The summed E-state index contributed by atoms with van der Waals surface area (Å²) in [5.74, 6) is 0.309. The molecule has 1 atom stereocenters. The molecule has 8 aromatic rings. The Morgan fingerprint density at radius 2 is 0.706 bits per heavy atom. The van der Waals surface area contributed by atoms with Crippen LogP contribution >= 0.6 is 0 Å². The standard InChI is InChI=1S/C50H37N/c1-35-45-19-11-12-20-46(45)49-33-48(42-17-9-4-10-18-42)50(34-47(35)49)51(43-29-25-40(26-30-43)37-15-7-3-8-16-37)44-31-27-41(28-32-44)39-23-21-38(22-24-39)36-13-5-2-6-14-36/h2-35H,1H3. The minimum atomic E-state index is 0.309. The molecule has 9 rings (SSSR count). The van der Waals surface area contributed by atoms with Gasteiger partial charge in [0.15, 0.2) is 0 Å². The second-order valence-electron chi connectivity index (χ2n) is 13.4. The summed E-state index contributed by atoms with van der Waals surface area (Å²) in [4.78, 5) is 2.44. The van der Waals surface area contributed by atoms with Gasteiger partial charge < -0.3 is 4.90 Å². The molecule has 1 nitrogen and oxygen atoms in total. The molecule has 1 unspecified atom stereocenters. The van der Waals surface area contributed by atoms with Crippen LogP contribution in [0.15, 0.2) is 200 Å². The Hall–Kier alpha value is -6.44. The summed E-state index contributed by atoms with van der Waals surface area (Å²) in [6.45, 7) is 2.34. The van der Waals surface area contributed by atoms with Crippen LogP contribution in [0.4, 0.5) is 17.1 Å². The third-order valence-electron chi connectivity index (χ3n) is 10.4. The van der Waals surface area contributed by atoms with Gasteiger partial charge in [-0.15, -0.1) is 0 Å². The van der Waals surface area contributed by atoms with Crippen LogP contribution in [0.5, 0.6) is 0 Å². The van der Waals surface area contributed by atoms with Gasteiger partial charge in [-0.3, -0.25) is 0 Å². The van der Waals surface area contributed by atoms with Crippen LogP contribution in [0.25, 0.3) is 55.6 Å². The van der Waals surface area contributed by atoms with Crippen LogP contribution in [0.3, 0.4) is 0 Å². The number of benzene rings is 8. The molecule has 0 aliphatic heterocycles. The van der Waals surface area contributed by atoms with Crippen LogP contribution in [0.2, 0.25) is 0 Å². The SMILES string of the molecule is CC1c2ccccc2-c2cc(-c3ccccc3)c(N(c3ccc(-c4ccccc4)cc3)c3ccc(-c4ccc(-c5ccccc5)cc4)cc3)cc21. The number of anilines is 3. The summed E-state index contributed by atoms with van der Waals surface area (Å²) in [7, 11) is 0. The number of fused-ring (bicyclic) bond motifs is 3. The Morgan fingerprint density at radius 3 is 1.20 bits per heavy atom. The fraction of sp³-hybridized carbons (Fsp3) is 0.0400. The topological polar surface area (TPSA) is 3.24 Å². The van der Waals surface area contributed by atoms with E-state index in [2.05, 4.69) is 212 Å². The summed E-state index contributed by atoms with van der Waals surface area (Å²) in [5.41, 5.74) is 18.5. The van der Waals surface area contributed by atoms with Crippen molar-refractivity contribution in [3.63, 3.8) is 0 Å². The molecule has 1 aliphatic carbocycles. The van der Waals surface area contributed by atoms with Crippen LogP contribution < -0.4 is 4.90 Å². The fourth-order valence-corrected chi connectivity index (χ4v) is 7.67. The Morgan fingerprint density at radius 1 is 0.314 bits per heavy atom. The van der Waals surface area contributed by atoms with Gasteiger partial charge in [-0.2, -0.15) is 0 Å². The van der Waals surface area contributed by atoms with Gasteiger partial charge in [0.2, 0.25) is 0 Å². The van der Waals surface area contributed by atoms with Crippen LogP contribution in [-0.4, -0.2) is 0 Å². The van der Waals surface area contributed by atoms with E-state index in [1.54, 1.807) is 0 Å². The van der Waals surface area contributed by atoms with Crippen LogP contribution in [-0.2, 0) is 0 Å². The summed E-state index contributed by atoms with van der Waals surface area (Å²) >= 11 is 0. The molecule has 0 saturated carbocycles. The van der Waals surface area contributed by atoms with Crippen molar-refractivity contribution in [1.82, 2.24) is 0 Å². The Labute approximate surface area is 300 Å². The third-order valence-corrected chi connectivity index (χ3v) is 10.4. The van der Waals surface area contributed by atoms with Gasteiger partial charge in [-0.25, -0.2) is 0 Å². The van der Waals surface area contributed by atoms with E-state index in [0.717, 1.165) is 11.4 Å². The van der Waals surface area contributed by atoms with Crippen LogP contribution in [0.1, 0.15) is 24.0 Å². The summed E-state index contributed by atoms with van der Waals surface area (Å²) in [6.07, 6.45) is 0. The summed E-state index contributed by atoms with van der Waals surface area (Å²) in [6, 6.07) is 72.7. The van der Waals surface area contributed by atoms with Crippen molar-refractivity contribution >= 4 is 17.1 Å². The lowest BCUT2D eigenvalue weighted by Gasteiger charge is -2.29. The molecule has 0 heterocycles. The molecule has 51 heavy (non-hydrogen) atoms. The maximum absolute atomic E-state index is 2.45. The van der Waals surface area contributed by atoms with Crippen LogP contribution in [0, 0.1) is 0 Å². The lowest BCUT2D eigenvalue weighted by Crippen LogP contribution is -2.12. The Kier molecular flexibility index (Phi) is 7.87. The highest BCUT2D eigenvalue weighted by Gasteiger charge is 2.29. The minimum absolute atomic E-state index is 0.309. The molecular formula is C50H37N. The van der Waals surface area contributed by atoms with Crippen molar-refractivity contribution in [3.05, 3.63) is 211 Å². The average molecular weight is 652 g/mol. The summed E-state index contributed by atoms with van der Waals surface area (Å²) < 4.78 is 0. The predicted molar refractivity (Wildman–Crippen MR) is 216 cm³/mol. The summed E-state index contributed by atoms with van der Waals surface area (Å²) in [5, 5.41) is 0. The van der Waals surface area contributed by atoms with Gasteiger partial charge in [0.1, 0.15) is 0 Å². The molecule has 0 radical (unpaired) electrons. The fourth-order valence-electron chi connectivity index (χ4n) is 7.67. The first-order chi connectivity index (χ1) is 25.2. The number of hydrogen-bond acceptors (Lipinski definition) is 1. The van der Waals surface area contributed by atoms with Crippen molar-refractivity contribution in [3.8, 4) is 55.6 Å². The van der Waals surface area contributed by atoms with E-state index in [-0.39, 0.29) is 0 Å². The van der Waals surface area contributed by atoms with Gasteiger partial charge in [-0.05, 0) is 97.6 Å². The van der Waals surface area contributed by atoms with Crippen molar-refractivity contribution in [2.45, 2.75) is 12.8 Å². The molecule has 1 aliphatic rings. The van der Waals surface area contributed by atoms with Crippen molar-refractivity contribution in [2.24, 2.45) is 0 Å². The molecule has 0 saturated heterocycles. The highest BCUT2D eigenvalue weighted by atomic mass is 15.1. The van der Waals surface area contributed by atoms with Crippen molar-refractivity contribution in [2.75, 3.05) is 4.90 Å². The lowest BCUT2D eigenvalue weighted by molar-refractivity contribution is 0.956. The quantitative estimate of drug-likeness (QED) is 0.166. The first-order valence-electron chi connectivity index (χ1n) is 17.8. The van der Waals surface area contributed by atoms with Crippen molar-refractivity contribution in [1.29, 1.82) is 0 Å². The molecule has 0 aromatic heterocycles. The van der Waals surface area contributed by atoms with Crippen molar-refractivity contribution < 1.29 is 0 Å². The second kappa shape index (κ2) is 13.1. The monoisotopic (exact) mass is 651 g/mol. The molecule has 8 aromatic carbocycles. The normalized spacial score (nSPS) is 13.0. The van der Waals surface area contributed by atoms with Gasteiger partial charge in [-0.1, -0.05) is 171 Å². The number of rotatable bonds is 7. The molecule has 242 valence electrons.